The highest BCUT2D eigenvalue weighted by molar-refractivity contribution is 5.82. The molecule has 0 amide bonds. The SMILES string of the molecule is COc1ccc(-n2cnc3c(C)cccc3c2=O)cc1C=O. The molecule has 2 aromatic carbocycles. The highest BCUT2D eigenvalue weighted by atomic mass is 16.5. The number of hydrogen-bond acceptors (Lipinski definition) is 4. The van der Waals surface area contributed by atoms with Crippen molar-refractivity contribution in [2.24, 2.45) is 0 Å². The Hall–Kier alpha value is -2.95. The number of methoxy groups -OCH3 is 1. The van der Waals surface area contributed by atoms with E-state index in [0.29, 0.717) is 34.2 Å². The number of aryl methyl sites for hydroxylation is 1. The van der Waals surface area contributed by atoms with Crippen LogP contribution in [0.2, 0.25) is 0 Å². The number of nitrogens with zero attached hydrogens (tertiary/aromatic N) is 2. The van der Waals surface area contributed by atoms with Crippen LogP contribution in [0.3, 0.4) is 0 Å². The monoisotopic (exact) mass is 294 g/mol. The van der Waals surface area contributed by atoms with Crippen molar-refractivity contribution >= 4 is 17.2 Å². The van der Waals surface area contributed by atoms with Crippen molar-refractivity contribution in [1.82, 2.24) is 9.55 Å². The van der Waals surface area contributed by atoms with Crippen LogP contribution in [-0.2, 0) is 0 Å². The van der Waals surface area contributed by atoms with Gasteiger partial charge in [-0.05, 0) is 36.8 Å². The van der Waals surface area contributed by atoms with Gasteiger partial charge >= 0.3 is 0 Å². The molecule has 0 aliphatic carbocycles. The summed E-state index contributed by atoms with van der Waals surface area (Å²) in [7, 11) is 1.49. The molecule has 0 aliphatic rings. The number of rotatable bonds is 3. The molecule has 0 atom stereocenters. The number of hydrogen-bond donors (Lipinski definition) is 0. The average molecular weight is 294 g/mol. The summed E-state index contributed by atoms with van der Waals surface area (Å²) >= 11 is 0. The van der Waals surface area contributed by atoms with Gasteiger partial charge in [-0.1, -0.05) is 12.1 Å². The second-order valence-corrected chi connectivity index (χ2v) is 4.93. The van der Waals surface area contributed by atoms with Crippen molar-refractivity contribution in [3.05, 3.63) is 64.2 Å². The minimum atomic E-state index is -0.171. The quantitative estimate of drug-likeness (QED) is 0.696. The predicted molar refractivity (Wildman–Crippen MR) is 84.0 cm³/mol. The third-order valence-corrected chi connectivity index (χ3v) is 3.61. The molecule has 0 fully saturated rings. The average Bonchev–Trinajstić information content (AvgIpc) is 2.55. The van der Waals surface area contributed by atoms with Gasteiger partial charge in [-0.15, -0.1) is 0 Å². The van der Waals surface area contributed by atoms with Gasteiger partial charge in [0.15, 0.2) is 6.29 Å². The van der Waals surface area contributed by atoms with E-state index in [-0.39, 0.29) is 5.56 Å². The first-order valence-electron chi connectivity index (χ1n) is 6.76. The van der Waals surface area contributed by atoms with Gasteiger partial charge in [-0.3, -0.25) is 14.2 Å². The number of fused-ring (bicyclic) bond motifs is 1. The predicted octanol–water partition coefficient (Wildman–Crippen LogP) is 2.52. The Labute approximate surface area is 126 Å². The van der Waals surface area contributed by atoms with Gasteiger partial charge in [0.05, 0.1) is 29.3 Å². The van der Waals surface area contributed by atoms with Gasteiger partial charge in [0.1, 0.15) is 12.1 Å². The molecule has 0 bridgehead atoms. The lowest BCUT2D eigenvalue weighted by atomic mass is 10.1. The Morgan fingerprint density at radius 3 is 2.77 bits per heavy atom. The number of carbonyl (C=O) groups is 1. The summed E-state index contributed by atoms with van der Waals surface area (Å²) in [6.07, 6.45) is 2.18. The lowest BCUT2D eigenvalue weighted by Gasteiger charge is -2.10. The molecule has 3 rings (SSSR count). The zero-order valence-electron chi connectivity index (χ0n) is 12.2. The van der Waals surface area contributed by atoms with E-state index in [1.165, 1.54) is 18.0 Å². The maximum Gasteiger partial charge on any atom is 0.265 e. The van der Waals surface area contributed by atoms with Crippen molar-refractivity contribution in [3.63, 3.8) is 0 Å². The number of para-hydroxylation sites is 1. The molecule has 0 N–H and O–H groups in total. The first-order valence-corrected chi connectivity index (χ1v) is 6.76. The smallest absolute Gasteiger partial charge is 0.265 e. The number of carbonyl (C=O) groups excluding carboxylic acids is 1. The third kappa shape index (κ3) is 2.16. The second kappa shape index (κ2) is 5.44. The van der Waals surface area contributed by atoms with Gasteiger partial charge in [0.2, 0.25) is 0 Å². The molecule has 110 valence electrons. The van der Waals surface area contributed by atoms with E-state index in [4.69, 9.17) is 4.74 Å². The van der Waals surface area contributed by atoms with Crippen molar-refractivity contribution in [2.75, 3.05) is 7.11 Å². The molecule has 5 nitrogen and oxygen atoms in total. The maximum absolute atomic E-state index is 12.6. The van der Waals surface area contributed by atoms with Crippen molar-refractivity contribution in [3.8, 4) is 11.4 Å². The molecule has 0 aliphatic heterocycles. The number of ether oxygens (including phenoxy) is 1. The molecule has 0 saturated heterocycles. The van der Waals surface area contributed by atoms with E-state index in [9.17, 15) is 9.59 Å². The Bertz CT molecular complexity index is 929. The Balaban J connectivity index is 2.25. The molecule has 0 saturated carbocycles. The van der Waals surface area contributed by atoms with Crippen molar-refractivity contribution in [2.45, 2.75) is 6.92 Å². The highest BCUT2D eigenvalue weighted by Crippen LogP contribution is 2.20. The van der Waals surface area contributed by atoms with Crippen molar-refractivity contribution in [1.29, 1.82) is 0 Å². The molecular formula is C17H14N2O3. The summed E-state index contributed by atoms with van der Waals surface area (Å²) in [4.78, 5) is 28.1. The topological polar surface area (TPSA) is 61.2 Å². The first kappa shape index (κ1) is 14.0. The van der Waals surface area contributed by atoms with Gasteiger partial charge in [-0.2, -0.15) is 0 Å². The summed E-state index contributed by atoms with van der Waals surface area (Å²) in [5, 5.41) is 0.547. The minimum Gasteiger partial charge on any atom is -0.496 e. The fourth-order valence-electron chi connectivity index (χ4n) is 2.45. The van der Waals surface area contributed by atoms with Gasteiger partial charge in [-0.25, -0.2) is 4.98 Å². The third-order valence-electron chi connectivity index (χ3n) is 3.61. The minimum absolute atomic E-state index is 0.171. The Kier molecular flexibility index (Phi) is 3.47. The van der Waals surface area contributed by atoms with Crippen LogP contribution in [0.5, 0.6) is 5.75 Å². The van der Waals surface area contributed by atoms with Crippen molar-refractivity contribution < 1.29 is 9.53 Å². The lowest BCUT2D eigenvalue weighted by Crippen LogP contribution is -2.19. The number of benzene rings is 2. The Morgan fingerprint density at radius 2 is 2.05 bits per heavy atom. The van der Waals surface area contributed by atoms with Crippen LogP contribution in [0.15, 0.2) is 47.5 Å². The van der Waals surface area contributed by atoms with Crippen LogP contribution in [0.1, 0.15) is 15.9 Å². The molecular weight excluding hydrogens is 280 g/mol. The highest BCUT2D eigenvalue weighted by Gasteiger charge is 2.09. The molecule has 0 radical (unpaired) electrons. The summed E-state index contributed by atoms with van der Waals surface area (Å²) in [5.74, 6) is 0.469. The standard InChI is InChI=1S/C17H14N2O3/c1-11-4-3-5-14-16(11)18-10-19(17(14)21)13-6-7-15(22-2)12(8-13)9-20/h3-10H,1-2H3. The van der Waals surface area contributed by atoms with E-state index in [2.05, 4.69) is 4.98 Å². The zero-order valence-corrected chi connectivity index (χ0v) is 12.2. The van der Waals surface area contributed by atoms with Crippen LogP contribution < -0.4 is 10.3 Å². The van der Waals surface area contributed by atoms with Gasteiger partial charge < -0.3 is 4.74 Å². The summed E-state index contributed by atoms with van der Waals surface area (Å²) < 4.78 is 6.53. The van der Waals surface area contributed by atoms with Crippen LogP contribution >= 0.6 is 0 Å². The Morgan fingerprint density at radius 1 is 1.23 bits per heavy atom. The fraction of sp³-hybridized carbons (Fsp3) is 0.118. The lowest BCUT2D eigenvalue weighted by molar-refractivity contribution is 0.112. The summed E-state index contributed by atoms with van der Waals surface area (Å²) in [6.45, 7) is 1.91. The zero-order chi connectivity index (χ0) is 15.7. The molecule has 0 unspecified atom stereocenters. The maximum atomic E-state index is 12.6. The molecule has 3 aromatic rings. The fourth-order valence-corrected chi connectivity index (χ4v) is 2.45. The second-order valence-electron chi connectivity index (χ2n) is 4.93. The largest absolute Gasteiger partial charge is 0.496 e. The molecule has 0 spiro atoms. The van der Waals surface area contributed by atoms with Crippen LogP contribution in [0, 0.1) is 6.92 Å². The van der Waals surface area contributed by atoms with E-state index in [1.54, 1.807) is 24.3 Å². The normalized spacial score (nSPS) is 10.6. The first-order chi connectivity index (χ1) is 10.7. The van der Waals surface area contributed by atoms with Crippen LogP contribution in [0.25, 0.3) is 16.6 Å². The molecule has 22 heavy (non-hydrogen) atoms. The molecule has 1 heterocycles. The molecule has 1 aromatic heterocycles. The summed E-state index contributed by atoms with van der Waals surface area (Å²) in [6, 6.07) is 10.5. The van der Waals surface area contributed by atoms with E-state index >= 15 is 0 Å². The van der Waals surface area contributed by atoms with Crippen LogP contribution in [0.4, 0.5) is 0 Å². The van der Waals surface area contributed by atoms with E-state index in [0.717, 1.165) is 5.56 Å². The number of aromatic nitrogens is 2. The molecule has 5 heteroatoms. The van der Waals surface area contributed by atoms with Gasteiger partial charge in [0.25, 0.3) is 5.56 Å². The van der Waals surface area contributed by atoms with Crippen LogP contribution in [-0.4, -0.2) is 22.9 Å². The van der Waals surface area contributed by atoms with E-state index in [1.807, 2.05) is 19.1 Å². The number of aldehydes is 1. The van der Waals surface area contributed by atoms with E-state index < -0.39 is 0 Å². The van der Waals surface area contributed by atoms with Gasteiger partial charge in [0, 0.05) is 0 Å². The summed E-state index contributed by atoms with van der Waals surface area (Å²) in [5.41, 5.74) is 2.42.